The highest BCUT2D eigenvalue weighted by Gasteiger charge is 2.33. The van der Waals surface area contributed by atoms with Crippen molar-refractivity contribution in [2.75, 3.05) is 0 Å². The fraction of sp³-hybridized carbons (Fsp3) is 0.842. The second kappa shape index (κ2) is 7.47. The molecule has 0 atom stereocenters. The van der Waals surface area contributed by atoms with Crippen LogP contribution in [0.4, 0.5) is 0 Å². The molecule has 0 aliphatic rings. The van der Waals surface area contributed by atoms with Gasteiger partial charge in [-0.2, -0.15) is 0 Å². The van der Waals surface area contributed by atoms with Crippen molar-refractivity contribution in [2.45, 2.75) is 104 Å². The van der Waals surface area contributed by atoms with Crippen molar-refractivity contribution in [3.05, 3.63) is 17.2 Å². The van der Waals surface area contributed by atoms with Crippen LogP contribution in [-0.2, 0) is 17.3 Å². The molecule has 1 aromatic heterocycles. The summed E-state index contributed by atoms with van der Waals surface area (Å²) in [4.78, 5) is 8.73. The number of aromatic amines is 1. The largest absolute Gasteiger partial charge is 0.345 e. The number of aryl methyl sites for hydroxylation is 1. The minimum Gasteiger partial charge on any atom is -0.345 e. The van der Waals surface area contributed by atoms with Crippen LogP contribution in [0.15, 0.2) is 0 Å². The van der Waals surface area contributed by atoms with Gasteiger partial charge in [0.25, 0.3) is 0 Å². The third-order valence-electron chi connectivity index (χ3n) is 4.59. The van der Waals surface area contributed by atoms with E-state index in [-0.39, 0.29) is 10.8 Å². The molecule has 1 heterocycles. The Labute approximate surface area is 132 Å². The number of hydrogen-bond donors (Lipinski definition) is 1. The van der Waals surface area contributed by atoms with Gasteiger partial charge in [0, 0.05) is 22.9 Å². The quantitative estimate of drug-likeness (QED) is 0.602. The number of nitrogens with one attached hydrogen (secondary N) is 1. The molecule has 1 rings (SSSR count). The van der Waals surface area contributed by atoms with E-state index < -0.39 is 0 Å². The van der Waals surface area contributed by atoms with Crippen LogP contribution in [-0.4, -0.2) is 9.97 Å². The molecule has 0 aromatic carbocycles. The summed E-state index contributed by atoms with van der Waals surface area (Å²) >= 11 is 0. The van der Waals surface area contributed by atoms with Gasteiger partial charge in [-0.3, -0.25) is 0 Å². The van der Waals surface area contributed by atoms with Crippen LogP contribution in [0.3, 0.4) is 0 Å². The van der Waals surface area contributed by atoms with Crippen LogP contribution in [0.1, 0.15) is 104 Å². The molecule has 1 aromatic rings. The Morgan fingerprint density at radius 1 is 0.857 bits per heavy atom. The first-order valence-electron chi connectivity index (χ1n) is 8.88. The van der Waals surface area contributed by atoms with E-state index in [1.807, 2.05) is 0 Å². The predicted molar refractivity (Wildman–Crippen MR) is 93.1 cm³/mol. The minimum atomic E-state index is 0.163. The van der Waals surface area contributed by atoms with E-state index in [1.165, 1.54) is 55.7 Å². The van der Waals surface area contributed by atoms with E-state index in [4.69, 9.17) is 4.98 Å². The van der Waals surface area contributed by atoms with Crippen molar-refractivity contribution in [2.24, 2.45) is 0 Å². The van der Waals surface area contributed by atoms with Crippen LogP contribution in [0.5, 0.6) is 0 Å². The Balaban J connectivity index is 3.22. The zero-order valence-corrected chi connectivity index (χ0v) is 15.4. The molecular weight excluding hydrogens is 256 g/mol. The molecule has 1 N–H and O–H groups in total. The molecule has 0 saturated heterocycles. The molecule has 0 aliphatic heterocycles. The number of unbranched alkanes of at least 4 members (excludes halogenated alkanes) is 1. The van der Waals surface area contributed by atoms with Gasteiger partial charge in [-0.05, 0) is 19.3 Å². The van der Waals surface area contributed by atoms with Gasteiger partial charge in [0.2, 0.25) is 0 Å². The maximum absolute atomic E-state index is 5.03. The summed E-state index contributed by atoms with van der Waals surface area (Å²) in [6.45, 7) is 16.2. The Bertz CT molecular complexity index is 391. The van der Waals surface area contributed by atoms with E-state index in [1.54, 1.807) is 0 Å². The lowest BCUT2D eigenvalue weighted by Crippen LogP contribution is -2.26. The summed E-state index contributed by atoms with van der Waals surface area (Å²) < 4.78 is 0. The van der Waals surface area contributed by atoms with Gasteiger partial charge in [-0.15, -0.1) is 0 Å². The van der Waals surface area contributed by atoms with Crippen LogP contribution in [0.25, 0.3) is 0 Å². The van der Waals surface area contributed by atoms with E-state index in [2.05, 4.69) is 53.5 Å². The lowest BCUT2D eigenvalue weighted by molar-refractivity contribution is 0.415. The fourth-order valence-corrected chi connectivity index (χ4v) is 3.36. The van der Waals surface area contributed by atoms with E-state index in [0.717, 1.165) is 6.42 Å². The van der Waals surface area contributed by atoms with Crippen molar-refractivity contribution >= 4 is 0 Å². The number of H-pyrrole nitrogens is 1. The van der Waals surface area contributed by atoms with Crippen molar-refractivity contribution < 1.29 is 0 Å². The SMILES string of the molecule is CCCCc1nc(C(C)(C)CCC)c(C(C)(C)CCC)[nH]1. The monoisotopic (exact) mass is 292 g/mol. The average Bonchev–Trinajstić information content (AvgIpc) is 2.82. The van der Waals surface area contributed by atoms with Gasteiger partial charge in [0.1, 0.15) is 5.82 Å². The van der Waals surface area contributed by atoms with Crippen LogP contribution in [0, 0.1) is 0 Å². The molecule has 0 fully saturated rings. The first-order valence-corrected chi connectivity index (χ1v) is 8.88. The zero-order valence-electron chi connectivity index (χ0n) is 15.4. The molecule has 0 amide bonds. The summed E-state index contributed by atoms with van der Waals surface area (Å²) in [6.07, 6.45) is 8.34. The molecule has 122 valence electrons. The topological polar surface area (TPSA) is 28.7 Å². The maximum Gasteiger partial charge on any atom is 0.106 e. The standard InChI is InChI=1S/C19H36N2/c1-8-11-12-15-20-16(18(4,5)13-9-2)17(21-15)19(6,7)14-10-3/h8-14H2,1-7H3,(H,20,21). The van der Waals surface area contributed by atoms with Gasteiger partial charge in [0.15, 0.2) is 0 Å². The third-order valence-corrected chi connectivity index (χ3v) is 4.59. The Kier molecular flexibility index (Phi) is 6.49. The average molecular weight is 293 g/mol. The van der Waals surface area contributed by atoms with Crippen molar-refractivity contribution in [3.63, 3.8) is 0 Å². The fourth-order valence-electron chi connectivity index (χ4n) is 3.36. The summed E-state index contributed by atoms with van der Waals surface area (Å²) in [5.74, 6) is 1.19. The molecule has 0 aliphatic carbocycles. The molecular formula is C19H36N2. The highest BCUT2D eigenvalue weighted by Crippen LogP contribution is 2.37. The van der Waals surface area contributed by atoms with Gasteiger partial charge in [-0.25, -0.2) is 4.98 Å². The zero-order chi connectivity index (χ0) is 16.1. The first kappa shape index (κ1) is 18.3. The maximum atomic E-state index is 5.03. The summed E-state index contributed by atoms with van der Waals surface area (Å²) in [7, 11) is 0. The number of aromatic nitrogens is 2. The van der Waals surface area contributed by atoms with Crippen molar-refractivity contribution in [3.8, 4) is 0 Å². The molecule has 0 unspecified atom stereocenters. The first-order chi connectivity index (χ1) is 9.78. The molecule has 0 bridgehead atoms. The van der Waals surface area contributed by atoms with E-state index in [0.29, 0.717) is 0 Å². The molecule has 0 radical (unpaired) electrons. The summed E-state index contributed by atoms with van der Waals surface area (Å²) in [6, 6.07) is 0. The van der Waals surface area contributed by atoms with Gasteiger partial charge in [-0.1, -0.05) is 67.7 Å². The van der Waals surface area contributed by atoms with E-state index >= 15 is 0 Å². The van der Waals surface area contributed by atoms with Crippen LogP contribution < -0.4 is 0 Å². The Hall–Kier alpha value is -0.790. The van der Waals surface area contributed by atoms with Gasteiger partial charge < -0.3 is 4.98 Å². The van der Waals surface area contributed by atoms with Crippen LogP contribution >= 0.6 is 0 Å². The highest BCUT2D eigenvalue weighted by atomic mass is 15.0. The molecule has 2 heteroatoms. The van der Waals surface area contributed by atoms with E-state index in [9.17, 15) is 0 Å². The Morgan fingerprint density at radius 2 is 1.43 bits per heavy atom. The molecule has 2 nitrogen and oxygen atoms in total. The minimum absolute atomic E-state index is 0.163. The third kappa shape index (κ3) is 4.59. The summed E-state index contributed by atoms with van der Waals surface area (Å²) in [5, 5.41) is 0. The second-order valence-electron chi connectivity index (χ2n) is 7.78. The molecule has 0 saturated carbocycles. The number of hydrogen-bond acceptors (Lipinski definition) is 1. The molecule has 0 spiro atoms. The summed E-state index contributed by atoms with van der Waals surface area (Å²) in [5.41, 5.74) is 3.05. The second-order valence-corrected chi connectivity index (χ2v) is 7.78. The van der Waals surface area contributed by atoms with Gasteiger partial charge >= 0.3 is 0 Å². The smallest absolute Gasteiger partial charge is 0.106 e. The van der Waals surface area contributed by atoms with Gasteiger partial charge in [0.05, 0.1) is 5.69 Å². The highest BCUT2D eigenvalue weighted by molar-refractivity contribution is 5.29. The number of nitrogens with zero attached hydrogens (tertiary/aromatic N) is 1. The number of imidazole rings is 1. The predicted octanol–water partition coefficient (Wildman–Crippen LogP) is 5.91. The lowest BCUT2D eigenvalue weighted by atomic mass is 9.76. The number of rotatable bonds is 9. The van der Waals surface area contributed by atoms with Crippen molar-refractivity contribution in [1.29, 1.82) is 0 Å². The lowest BCUT2D eigenvalue weighted by Gasteiger charge is -2.30. The van der Waals surface area contributed by atoms with Crippen LogP contribution in [0.2, 0.25) is 0 Å². The molecule has 21 heavy (non-hydrogen) atoms. The van der Waals surface area contributed by atoms with Crippen molar-refractivity contribution in [1.82, 2.24) is 9.97 Å². The normalized spacial score (nSPS) is 12.9. The Morgan fingerprint density at radius 3 is 1.95 bits per heavy atom.